The van der Waals surface area contributed by atoms with Gasteiger partial charge < -0.3 is 60.4 Å². The Kier molecular flexibility index (Phi) is 15.8. The molecule has 5 amide bonds. The maximum absolute atomic E-state index is 13.5. The minimum atomic E-state index is -1.38. The molecule has 19 heteroatoms. The Bertz CT molecular complexity index is 1060. The van der Waals surface area contributed by atoms with Gasteiger partial charge in [0.2, 0.25) is 29.5 Å². The largest absolute Gasteiger partial charge is 0.480 e. The number of aliphatic imine (C=N–C) groups is 2. The Morgan fingerprint density at radius 2 is 1.47 bits per heavy atom. The van der Waals surface area contributed by atoms with Crippen LogP contribution in [0.1, 0.15) is 51.4 Å². The normalized spacial score (nSPS) is 16.2. The van der Waals surface area contributed by atoms with Crippen LogP contribution in [0, 0.1) is 0 Å². The predicted molar refractivity (Wildman–Crippen MR) is 155 cm³/mol. The summed E-state index contributed by atoms with van der Waals surface area (Å²) in [5, 5.41) is 16.8. The number of rotatable bonds is 19. The number of carboxylic acid groups (broad SMARTS) is 1. The van der Waals surface area contributed by atoms with Gasteiger partial charge in [0.25, 0.3) is 0 Å². The van der Waals surface area contributed by atoms with Crippen LogP contribution >= 0.6 is 0 Å². The van der Waals surface area contributed by atoms with Crippen molar-refractivity contribution < 1.29 is 33.9 Å². The molecule has 16 N–H and O–H groups in total. The smallest absolute Gasteiger partial charge is 0.326 e. The number of aliphatic carboxylic acids is 1. The number of carbonyl (C=O) groups is 6. The molecule has 1 fully saturated rings. The summed E-state index contributed by atoms with van der Waals surface area (Å²) in [6.45, 7) is 0.161. The van der Waals surface area contributed by atoms with Gasteiger partial charge in [-0.15, -0.1) is 0 Å². The van der Waals surface area contributed by atoms with E-state index in [4.69, 9.17) is 34.4 Å². The molecule has 1 saturated heterocycles. The Morgan fingerprint density at radius 1 is 0.860 bits per heavy atom. The van der Waals surface area contributed by atoms with E-state index in [1.54, 1.807) is 0 Å². The summed E-state index contributed by atoms with van der Waals surface area (Å²) in [6.07, 6.45) is 1.33. The van der Waals surface area contributed by atoms with Crippen molar-refractivity contribution in [3.8, 4) is 0 Å². The van der Waals surface area contributed by atoms with Crippen LogP contribution < -0.4 is 50.4 Å². The van der Waals surface area contributed by atoms with Gasteiger partial charge in [0.1, 0.15) is 18.1 Å². The summed E-state index contributed by atoms with van der Waals surface area (Å²) in [5.74, 6) is -4.87. The van der Waals surface area contributed by atoms with E-state index in [1.165, 1.54) is 4.90 Å². The van der Waals surface area contributed by atoms with Gasteiger partial charge in [0.15, 0.2) is 11.9 Å². The highest BCUT2D eigenvalue weighted by Gasteiger charge is 2.38. The van der Waals surface area contributed by atoms with Crippen molar-refractivity contribution >= 4 is 47.4 Å². The molecule has 1 rings (SSSR count). The van der Waals surface area contributed by atoms with E-state index in [-0.39, 0.29) is 63.7 Å². The predicted octanol–water partition coefficient (Wildman–Crippen LogP) is -5.15. The lowest BCUT2D eigenvalue weighted by Gasteiger charge is -2.29. The molecule has 0 aromatic rings. The Balaban J connectivity index is 2.88. The van der Waals surface area contributed by atoms with Crippen LogP contribution in [-0.2, 0) is 28.8 Å². The molecule has 0 aromatic carbocycles. The van der Waals surface area contributed by atoms with Crippen LogP contribution in [0.4, 0.5) is 0 Å². The lowest BCUT2D eigenvalue weighted by molar-refractivity contribution is -0.145. The number of amides is 5. The van der Waals surface area contributed by atoms with Gasteiger partial charge in [-0.2, -0.15) is 0 Å². The van der Waals surface area contributed by atoms with Crippen LogP contribution in [0.25, 0.3) is 0 Å². The van der Waals surface area contributed by atoms with Crippen molar-refractivity contribution in [2.45, 2.75) is 75.5 Å². The maximum atomic E-state index is 13.5. The zero-order valence-corrected chi connectivity index (χ0v) is 24.0. The molecule has 4 atom stereocenters. The molecule has 1 aliphatic heterocycles. The van der Waals surface area contributed by atoms with Gasteiger partial charge in [-0.25, -0.2) is 4.79 Å². The first-order valence-corrected chi connectivity index (χ1v) is 13.8. The highest BCUT2D eigenvalue weighted by molar-refractivity contribution is 5.95. The lowest BCUT2D eigenvalue weighted by Crippen LogP contribution is -2.56. The molecule has 0 saturated carbocycles. The molecule has 43 heavy (non-hydrogen) atoms. The van der Waals surface area contributed by atoms with Crippen LogP contribution in [0.3, 0.4) is 0 Å². The number of carboxylic acids is 1. The van der Waals surface area contributed by atoms with Gasteiger partial charge in [-0.3, -0.25) is 34.0 Å². The number of hydrogen-bond acceptors (Lipinski definition) is 9. The number of carbonyl (C=O) groups excluding carboxylic acids is 5. The van der Waals surface area contributed by atoms with Crippen molar-refractivity contribution in [2.75, 3.05) is 26.2 Å². The Labute approximate surface area is 248 Å². The van der Waals surface area contributed by atoms with E-state index in [0.29, 0.717) is 19.3 Å². The maximum Gasteiger partial charge on any atom is 0.326 e. The average Bonchev–Trinajstić information content (AvgIpc) is 3.42. The van der Waals surface area contributed by atoms with Crippen LogP contribution in [-0.4, -0.2) is 108 Å². The molecule has 0 radical (unpaired) electrons. The third kappa shape index (κ3) is 14.2. The standard InChI is InChI=1S/C24H44N12O7/c25-13(4-1-9-31-23(27)28)19(39)33-12-18(38)34-14(5-2-10-32-24(29)30)21(41)36-11-3-6-16(36)20(40)35-15(22(42)43)7-8-17(26)37/h13-16H,1-12,25H2,(H2,26,37)(H,33,39)(H,34,38)(H,35,40)(H,42,43)(H4,27,28,31)(H4,29,30,32)/t13-,14-,15-,16-/m0/s1. The Hall–Kier alpha value is -4.68. The second-order valence-corrected chi connectivity index (χ2v) is 9.94. The number of nitrogens with two attached hydrogens (primary N) is 6. The Morgan fingerprint density at radius 3 is 2.02 bits per heavy atom. The van der Waals surface area contributed by atoms with Crippen molar-refractivity contribution in [1.82, 2.24) is 20.9 Å². The van der Waals surface area contributed by atoms with Gasteiger partial charge in [0.05, 0.1) is 12.6 Å². The third-order valence-electron chi connectivity index (χ3n) is 6.44. The van der Waals surface area contributed by atoms with E-state index in [0.717, 1.165) is 0 Å². The van der Waals surface area contributed by atoms with E-state index >= 15 is 0 Å². The highest BCUT2D eigenvalue weighted by Crippen LogP contribution is 2.20. The van der Waals surface area contributed by atoms with Crippen molar-refractivity contribution in [3.05, 3.63) is 0 Å². The molecule has 242 valence electrons. The molecule has 1 aliphatic rings. The number of guanidine groups is 2. The first-order valence-electron chi connectivity index (χ1n) is 13.8. The zero-order chi connectivity index (χ0) is 32.5. The van der Waals surface area contributed by atoms with Gasteiger partial charge in [0, 0.05) is 26.1 Å². The molecule has 0 aromatic heterocycles. The molecule has 0 spiro atoms. The summed E-state index contributed by atoms with van der Waals surface area (Å²) < 4.78 is 0. The van der Waals surface area contributed by atoms with E-state index in [1.807, 2.05) is 0 Å². The number of likely N-dealkylation sites (tertiary alicyclic amines) is 1. The van der Waals surface area contributed by atoms with Crippen molar-refractivity contribution in [3.63, 3.8) is 0 Å². The van der Waals surface area contributed by atoms with Gasteiger partial charge in [-0.05, 0) is 44.9 Å². The first kappa shape index (κ1) is 36.3. The summed E-state index contributed by atoms with van der Waals surface area (Å²) in [5.41, 5.74) is 32.1. The highest BCUT2D eigenvalue weighted by atomic mass is 16.4. The molecule has 0 unspecified atom stereocenters. The molecular formula is C24H44N12O7. The van der Waals surface area contributed by atoms with E-state index in [9.17, 15) is 33.9 Å². The minimum absolute atomic E-state index is 0.0809. The zero-order valence-electron chi connectivity index (χ0n) is 24.0. The number of nitrogens with one attached hydrogen (secondary N) is 3. The average molecular weight is 613 g/mol. The molecule has 19 nitrogen and oxygen atoms in total. The fourth-order valence-corrected chi connectivity index (χ4v) is 4.27. The fraction of sp³-hybridized carbons (Fsp3) is 0.667. The van der Waals surface area contributed by atoms with Gasteiger partial charge in [-0.1, -0.05) is 0 Å². The second kappa shape index (κ2) is 18.7. The second-order valence-electron chi connectivity index (χ2n) is 9.94. The SMILES string of the molecule is NC(=O)CC[C@H](NC(=O)[C@@H]1CCCN1C(=O)[C@H](CCCN=C(N)N)NC(=O)CNC(=O)[C@@H](N)CCCN=C(N)N)C(=O)O. The topological polar surface area (TPSA) is 343 Å². The van der Waals surface area contributed by atoms with Crippen LogP contribution in [0.15, 0.2) is 9.98 Å². The summed E-state index contributed by atoms with van der Waals surface area (Å²) in [6, 6.07) is -4.41. The van der Waals surface area contributed by atoms with E-state index in [2.05, 4.69) is 25.9 Å². The van der Waals surface area contributed by atoms with Crippen LogP contribution in [0.5, 0.6) is 0 Å². The first-order chi connectivity index (χ1) is 20.2. The third-order valence-corrected chi connectivity index (χ3v) is 6.44. The summed E-state index contributed by atoms with van der Waals surface area (Å²) in [7, 11) is 0. The number of hydrogen-bond donors (Lipinski definition) is 10. The monoisotopic (exact) mass is 612 g/mol. The van der Waals surface area contributed by atoms with Gasteiger partial charge >= 0.3 is 5.97 Å². The number of nitrogens with zero attached hydrogens (tertiary/aromatic N) is 3. The van der Waals surface area contributed by atoms with E-state index < -0.39 is 66.2 Å². The van der Waals surface area contributed by atoms with Crippen LogP contribution in [0.2, 0.25) is 0 Å². The molecule has 0 bridgehead atoms. The fourth-order valence-electron chi connectivity index (χ4n) is 4.27. The lowest BCUT2D eigenvalue weighted by atomic mass is 10.1. The summed E-state index contributed by atoms with van der Waals surface area (Å²) >= 11 is 0. The van der Waals surface area contributed by atoms with Crippen molar-refractivity contribution in [1.29, 1.82) is 0 Å². The van der Waals surface area contributed by atoms with Crippen molar-refractivity contribution in [2.24, 2.45) is 44.4 Å². The molecule has 0 aliphatic carbocycles. The summed E-state index contributed by atoms with van der Waals surface area (Å²) in [4.78, 5) is 83.1. The molecular weight excluding hydrogens is 568 g/mol. The minimum Gasteiger partial charge on any atom is -0.480 e. The molecule has 1 heterocycles. The number of primary amides is 1. The quantitative estimate of drug-likeness (QED) is 0.0372.